The van der Waals surface area contributed by atoms with E-state index in [9.17, 15) is 9.59 Å². The van der Waals surface area contributed by atoms with Crippen LogP contribution in [0.15, 0.2) is 42.5 Å². The summed E-state index contributed by atoms with van der Waals surface area (Å²) in [5.41, 5.74) is 1.10. The van der Waals surface area contributed by atoms with E-state index in [1.54, 1.807) is 6.08 Å². The maximum Gasteiger partial charge on any atom is 0.330 e. The average molecular weight is 246 g/mol. The Morgan fingerprint density at radius 1 is 1.33 bits per heavy atom. The van der Waals surface area contributed by atoms with E-state index in [1.807, 2.05) is 37.3 Å². The Labute approximate surface area is 107 Å². The molecule has 0 saturated carbocycles. The molecule has 18 heavy (non-hydrogen) atoms. The van der Waals surface area contributed by atoms with Gasteiger partial charge in [0, 0.05) is 12.5 Å². The SMILES string of the molecule is COC(=O)/C=C/[C@H](C)[C@@H](CC=O)c1ccccc1. The first-order chi connectivity index (χ1) is 8.69. The van der Waals surface area contributed by atoms with Crippen LogP contribution in [-0.4, -0.2) is 19.4 Å². The number of carbonyl (C=O) groups is 2. The molecular weight excluding hydrogens is 228 g/mol. The van der Waals surface area contributed by atoms with Gasteiger partial charge in [-0.2, -0.15) is 0 Å². The van der Waals surface area contributed by atoms with E-state index in [2.05, 4.69) is 4.74 Å². The van der Waals surface area contributed by atoms with Crippen LogP contribution in [0.4, 0.5) is 0 Å². The van der Waals surface area contributed by atoms with Gasteiger partial charge < -0.3 is 9.53 Å². The maximum atomic E-state index is 11.1. The fourth-order valence-electron chi connectivity index (χ4n) is 1.89. The summed E-state index contributed by atoms with van der Waals surface area (Å²) >= 11 is 0. The number of carbonyl (C=O) groups excluding carboxylic acids is 2. The number of ether oxygens (including phenoxy) is 1. The van der Waals surface area contributed by atoms with Crippen molar-refractivity contribution in [2.45, 2.75) is 19.3 Å². The van der Waals surface area contributed by atoms with Crippen molar-refractivity contribution < 1.29 is 14.3 Å². The van der Waals surface area contributed by atoms with Gasteiger partial charge in [-0.1, -0.05) is 43.3 Å². The highest BCUT2D eigenvalue weighted by atomic mass is 16.5. The van der Waals surface area contributed by atoms with Gasteiger partial charge in [-0.25, -0.2) is 4.79 Å². The number of allylic oxidation sites excluding steroid dienone is 1. The number of esters is 1. The van der Waals surface area contributed by atoms with Crippen molar-refractivity contribution in [1.82, 2.24) is 0 Å². The van der Waals surface area contributed by atoms with Crippen LogP contribution < -0.4 is 0 Å². The van der Waals surface area contributed by atoms with Gasteiger partial charge in [-0.15, -0.1) is 0 Å². The third-order valence-corrected chi connectivity index (χ3v) is 2.95. The third kappa shape index (κ3) is 4.17. The summed E-state index contributed by atoms with van der Waals surface area (Å²) < 4.78 is 4.55. The second-order valence-corrected chi connectivity index (χ2v) is 4.16. The zero-order valence-electron chi connectivity index (χ0n) is 10.7. The molecule has 3 nitrogen and oxygen atoms in total. The molecule has 0 fully saturated rings. The Morgan fingerprint density at radius 2 is 2.00 bits per heavy atom. The largest absolute Gasteiger partial charge is 0.466 e. The highest BCUT2D eigenvalue weighted by Gasteiger charge is 2.16. The number of methoxy groups -OCH3 is 1. The van der Waals surface area contributed by atoms with E-state index in [-0.39, 0.29) is 17.8 Å². The first-order valence-electron chi connectivity index (χ1n) is 5.93. The molecule has 1 aromatic rings. The fourth-order valence-corrected chi connectivity index (χ4v) is 1.89. The lowest BCUT2D eigenvalue weighted by atomic mass is 9.85. The lowest BCUT2D eigenvalue weighted by molar-refractivity contribution is -0.134. The van der Waals surface area contributed by atoms with Crippen LogP contribution in [0.1, 0.15) is 24.8 Å². The summed E-state index contributed by atoms with van der Waals surface area (Å²) in [7, 11) is 1.34. The van der Waals surface area contributed by atoms with E-state index in [0.717, 1.165) is 11.8 Å². The number of aldehydes is 1. The van der Waals surface area contributed by atoms with Crippen LogP contribution in [0, 0.1) is 5.92 Å². The highest BCUT2D eigenvalue weighted by molar-refractivity contribution is 5.81. The number of benzene rings is 1. The standard InChI is InChI=1S/C15H18O3/c1-12(8-9-15(17)18-2)14(10-11-16)13-6-4-3-5-7-13/h3-9,11-12,14H,10H2,1-2H3/b9-8+/t12-,14+/m0/s1. The molecule has 0 saturated heterocycles. The molecule has 1 rings (SSSR count). The number of rotatable bonds is 6. The van der Waals surface area contributed by atoms with Gasteiger partial charge in [-0.3, -0.25) is 0 Å². The Bertz CT molecular complexity index is 409. The fraction of sp³-hybridized carbons (Fsp3) is 0.333. The lowest BCUT2D eigenvalue weighted by Gasteiger charge is -2.19. The summed E-state index contributed by atoms with van der Waals surface area (Å²) in [6.45, 7) is 1.99. The molecule has 96 valence electrons. The molecule has 0 aliphatic heterocycles. The molecule has 2 atom stereocenters. The summed E-state index contributed by atoms with van der Waals surface area (Å²) in [4.78, 5) is 21.8. The Hall–Kier alpha value is -1.90. The van der Waals surface area contributed by atoms with Gasteiger partial charge in [-0.05, 0) is 17.4 Å². The highest BCUT2D eigenvalue weighted by Crippen LogP contribution is 2.28. The van der Waals surface area contributed by atoms with Crippen LogP contribution in [0.3, 0.4) is 0 Å². The zero-order chi connectivity index (χ0) is 13.4. The van der Waals surface area contributed by atoms with Gasteiger partial charge in [0.25, 0.3) is 0 Å². The molecule has 0 spiro atoms. The Kier molecular flexibility index (Phi) is 5.85. The molecule has 0 bridgehead atoms. The quantitative estimate of drug-likeness (QED) is 0.440. The van der Waals surface area contributed by atoms with Crippen LogP contribution in [-0.2, 0) is 14.3 Å². The minimum absolute atomic E-state index is 0.0876. The number of hydrogen-bond acceptors (Lipinski definition) is 3. The van der Waals surface area contributed by atoms with Crippen LogP contribution in [0.25, 0.3) is 0 Å². The van der Waals surface area contributed by atoms with Crippen molar-refractivity contribution in [3.8, 4) is 0 Å². The maximum absolute atomic E-state index is 11.1. The van der Waals surface area contributed by atoms with Crippen molar-refractivity contribution in [3.05, 3.63) is 48.0 Å². The van der Waals surface area contributed by atoms with Crippen LogP contribution in [0.2, 0.25) is 0 Å². The monoisotopic (exact) mass is 246 g/mol. The third-order valence-electron chi connectivity index (χ3n) is 2.95. The molecule has 0 amide bonds. The molecular formula is C15H18O3. The molecule has 0 aromatic heterocycles. The first-order valence-corrected chi connectivity index (χ1v) is 5.93. The van der Waals surface area contributed by atoms with Gasteiger partial charge >= 0.3 is 5.97 Å². The van der Waals surface area contributed by atoms with Crippen LogP contribution in [0.5, 0.6) is 0 Å². The van der Waals surface area contributed by atoms with Gasteiger partial charge in [0.15, 0.2) is 0 Å². The average Bonchev–Trinajstić information content (AvgIpc) is 2.42. The van der Waals surface area contributed by atoms with Crippen molar-refractivity contribution in [1.29, 1.82) is 0 Å². The van der Waals surface area contributed by atoms with Crippen molar-refractivity contribution in [2.75, 3.05) is 7.11 Å². The summed E-state index contributed by atoms with van der Waals surface area (Å²) in [6, 6.07) is 9.83. The molecule has 0 unspecified atom stereocenters. The first kappa shape index (κ1) is 14.2. The smallest absolute Gasteiger partial charge is 0.330 e. The minimum Gasteiger partial charge on any atom is -0.466 e. The van der Waals surface area contributed by atoms with Gasteiger partial charge in [0.2, 0.25) is 0 Å². The second-order valence-electron chi connectivity index (χ2n) is 4.16. The lowest BCUT2D eigenvalue weighted by Crippen LogP contribution is -2.09. The van der Waals surface area contributed by atoms with Crippen molar-refractivity contribution >= 4 is 12.3 Å². The zero-order valence-corrected chi connectivity index (χ0v) is 10.7. The summed E-state index contributed by atoms with van der Waals surface area (Å²) in [5, 5.41) is 0. The minimum atomic E-state index is -0.375. The predicted molar refractivity (Wildman–Crippen MR) is 70.2 cm³/mol. The van der Waals surface area contributed by atoms with Crippen molar-refractivity contribution in [2.24, 2.45) is 5.92 Å². The van der Waals surface area contributed by atoms with Crippen LogP contribution >= 0.6 is 0 Å². The molecule has 0 aliphatic carbocycles. The predicted octanol–water partition coefficient (Wildman–Crippen LogP) is 2.72. The molecule has 0 aliphatic rings. The molecule has 0 radical (unpaired) electrons. The van der Waals surface area contributed by atoms with Crippen molar-refractivity contribution in [3.63, 3.8) is 0 Å². The topological polar surface area (TPSA) is 43.4 Å². The van der Waals surface area contributed by atoms with Gasteiger partial charge in [0.05, 0.1) is 7.11 Å². The Balaban J connectivity index is 2.82. The second kappa shape index (κ2) is 7.43. The van der Waals surface area contributed by atoms with E-state index < -0.39 is 0 Å². The molecule has 0 heterocycles. The Morgan fingerprint density at radius 3 is 2.56 bits per heavy atom. The normalized spacial score (nSPS) is 14.1. The number of hydrogen-bond donors (Lipinski definition) is 0. The van der Waals surface area contributed by atoms with E-state index in [0.29, 0.717) is 6.42 Å². The summed E-state index contributed by atoms with van der Waals surface area (Å²) in [5.74, 6) is -0.193. The molecule has 1 aromatic carbocycles. The van der Waals surface area contributed by atoms with E-state index in [4.69, 9.17) is 0 Å². The van der Waals surface area contributed by atoms with E-state index >= 15 is 0 Å². The molecule has 3 heteroatoms. The molecule has 0 N–H and O–H groups in total. The summed E-state index contributed by atoms with van der Waals surface area (Å²) in [6.07, 6.45) is 4.55. The van der Waals surface area contributed by atoms with Gasteiger partial charge in [0.1, 0.15) is 6.29 Å². The van der Waals surface area contributed by atoms with E-state index in [1.165, 1.54) is 13.2 Å².